The molecule has 0 fully saturated rings. The Hall–Kier alpha value is -1.64. The molecule has 0 spiro atoms. The Morgan fingerprint density at radius 2 is 1.28 bits per heavy atom. The third kappa shape index (κ3) is 2.61. The Labute approximate surface area is 109 Å². The molecule has 0 unspecified atom stereocenters. The van der Waals surface area contributed by atoms with Crippen molar-refractivity contribution in [3.05, 3.63) is 71.8 Å². The minimum Gasteiger partial charge on any atom is -0.257 e. The Morgan fingerprint density at radius 3 is 1.67 bits per heavy atom. The Balaban J connectivity index is 2.41. The smallest absolute Gasteiger partial charge is 0.0793 e. The van der Waals surface area contributed by atoms with E-state index in [1.54, 1.807) is 0 Å². The number of hydrogen-bond acceptors (Lipinski definition) is 2. The highest BCUT2D eigenvalue weighted by Gasteiger charge is 2.27. The average Bonchev–Trinajstić information content (AvgIpc) is 2.46. The minimum atomic E-state index is -0.224. The van der Waals surface area contributed by atoms with Gasteiger partial charge in [-0.05, 0) is 18.1 Å². The Kier molecular flexibility index (Phi) is 4.13. The summed E-state index contributed by atoms with van der Waals surface area (Å²) in [5.41, 5.74) is 8.94. The van der Waals surface area contributed by atoms with Gasteiger partial charge < -0.3 is 0 Å². The van der Waals surface area contributed by atoms with Gasteiger partial charge in [0.05, 0.1) is 5.54 Å². The van der Waals surface area contributed by atoms with Gasteiger partial charge in [0.2, 0.25) is 0 Å². The molecule has 18 heavy (non-hydrogen) atoms. The summed E-state index contributed by atoms with van der Waals surface area (Å²) in [6, 6.07) is 21.0. The van der Waals surface area contributed by atoms with E-state index in [0.29, 0.717) is 0 Å². The first kappa shape index (κ1) is 12.8. The molecular weight excluding hydrogens is 220 g/mol. The van der Waals surface area contributed by atoms with Crippen molar-refractivity contribution in [2.75, 3.05) is 6.54 Å². The molecule has 0 aromatic heterocycles. The molecule has 2 aromatic rings. The summed E-state index contributed by atoms with van der Waals surface area (Å²) in [7, 11) is 0. The van der Waals surface area contributed by atoms with Crippen molar-refractivity contribution >= 4 is 0 Å². The predicted octanol–water partition coefficient (Wildman–Crippen LogP) is 3.06. The van der Waals surface area contributed by atoms with E-state index in [1.807, 2.05) is 12.1 Å². The van der Waals surface area contributed by atoms with Crippen molar-refractivity contribution in [1.29, 1.82) is 0 Å². The lowest BCUT2D eigenvalue weighted by Gasteiger charge is -2.32. The highest BCUT2D eigenvalue weighted by atomic mass is 15.4. The van der Waals surface area contributed by atoms with Crippen molar-refractivity contribution in [3.63, 3.8) is 0 Å². The average molecular weight is 240 g/mol. The molecule has 0 aliphatic rings. The fraction of sp³-hybridized carbons (Fsp3) is 0.250. The summed E-state index contributed by atoms with van der Waals surface area (Å²) < 4.78 is 0. The van der Waals surface area contributed by atoms with Crippen molar-refractivity contribution in [2.24, 2.45) is 0 Å². The van der Waals surface area contributed by atoms with Gasteiger partial charge in [-0.3, -0.25) is 5.43 Å². The highest BCUT2D eigenvalue weighted by molar-refractivity contribution is 5.37. The predicted molar refractivity (Wildman–Crippen MR) is 76.2 cm³/mol. The van der Waals surface area contributed by atoms with Crippen molar-refractivity contribution < 1.29 is 0 Å². The summed E-state index contributed by atoms with van der Waals surface area (Å²) in [5.74, 6) is 0. The quantitative estimate of drug-likeness (QED) is 0.785. The van der Waals surface area contributed by atoms with Gasteiger partial charge in [-0.25, -0.2) is 5.43 Å². The molecule has 2 N–H and O–H groups in total. The molecular formula is C16H20N2. The van der Waals surface area contributed by atoms with Crippen LogP contribution in [-0.2, 0) is 5.54 Å². The molecule has 2 heteroatoms. The third-order valence-corrected chi connectivity index (χ3v) is 3.22. The van der Waals surface area contributed by atoms with Crippen LogP contribution in [0.1, 0.15) is 25.0 Å². The SMILES string of the molecule is CCNNC(C)(c1ccccc1)c1ccccc1. The summed E-state index contributed by atoms with van der Waals surface area (Å²) in [4.78, 5) is 0. The van der Waals surface area contributed by atoms with Crippen LogP contribution >= 0.6 is 0 Å². The minimum absolute atomic E-state index is 0.224. The number of nitrogens with one attached hydrogen (secondary N) is 2. The molecule has 0 saturated heterocycles. The Bertz CT molecular complexity index is 425. The first-order valence-electron chi connectivity index (χ1n) is 6.38. The fourth-order valence-electron chi connectivity index (χ4n) is 2.12. The van der Waals surface area contributed by atoms with Gasteiger partial charge >= 0.3 is 0 Å². The van der Waals surface area contributed by atoms with Crippen LogP contribution in [0.5, 0.6) is 0 Å². The molecule has 0 amide bonds. The van der Waals surface area contributed by atoms with Crippen molar-refractivity contribution in [1.82, 2.24) is 10.9 Å². The van der Waals surface area contributed by atoms with E-state index in [9.17, 15) is 0 Å². The lowest BCUT2D eigenvalue weighted by molar-refractivity contribution is 0.372. The number of hydrazine groups is 1. The van der Waals surface area contributed by atoms with Gasteiger partial charge in [-0.1, -0.05) is 67.6 Å². The summed E-state index contributed by atoms with van der Waals surface area (Å²) in [5, 5.41) is 0. The normalized spacial score (nSPS) is 11.4. The Morgan fingerprint density at radius 1 is 0.833 bits per heavy atom. The monoisotopic (exact) mass is 240 g/mol. The number of hydrogen-bond donors (Lipinski definition) is 2. The molecule has 94 valence electrons. The molecule has 0 atom stereocenters. The van der Waals surface area contributed by atoms with E-state index in [4.69, 9.17) is 0 Å². The van der Waals surface area contributed by atoms with Crippen LogP contribution in [0, 0.1) is 0 Å². The molecule has 0 bridgehead atoms. The molecule has 0 aliphatic heterocycles. The van der Waals surface area contributed by atoms with Crippen LogP contribution in [0.4, 0.5) is 0 Å². The fourth-order valence-corrected chi connectivity index (χ4v) is 2.12. The summed E-state index contributed by atoms with van der Waals surface area (Å²) >= 11 is 0. The van der Waals surface area contributed by atoms with E-state index >= 15 is 0 Å². The lowest BCUT2D eigenvalue weighted by atomic mass is 9.85. The first-order valence-corrected chi connectivity index (χ1v) is 6.38. The third-order valence-electron chi connectivity index (χ3n) is 3.22. The zero-order valence-electron chi connectivity index (χ0n) is 11.0. The molecule has 0 radical (unpaired) electrons. The van der Waals surface area contributed by atoms with Crippen molar-refractivity contribution in [3.8, 4) is 0 Å². The van der Waals surface area contributed by atoms with E-state index in [0.717, 1.165) is 6.54 Å². The molecule has 0 heterocycles. The van der Waals surface area contributed by atoms with Crippen LogP contribution < -0.4 is 10.9 Å². The zero-order chi connectivity index (χ0) is 12.8. The van der Waals surface area contributed by atoms with Crippen LogP contribution in [0.25, 0.3) is 0 Å². The molecule has 0 aliphatic carbocycles. The second-order valence-corrected chi connectivity index (χ2v) is 4.51. The van der Waals surface area contributed by atoms with Crippen LogP contribution in [0.3, 0.4) is 0 Å². The maximum absolute atomic E-state index is 3.43. The number of benzene rings is 2. The van der Waals surface area contributed by atoms with E-state index in [2.05, 4.69) is 73.2 Å². The second-order valence-electron chi connectivity index (χ2n) is 4.51. The molecule has 2 rings (SSSR count). The van der Waals surface area contributed by atoms with Gasteiger partial charge in [0.15, 0.2) is 0 Å². The molecule has 2 nitrogen and oxygen atoms in total. The first-order chi connectivity index (χ1) is 8.77. The van der Waals surface area contributed by atoms with Crippen LogP contribution in [0.15, 0.2) is 60.7 Å². The standard InChI is InChI=1S/C16H20N2/c1-3-17-18-16(2,14-10-6-4-7-11-14)15-12-8-5-9-13-15/h4-13,17-18H,3H2,1-2H3. The maximum atomic E-state index is 3.43. The van der Waals surface area contributed by atoms with E-state index < -0.39 is 0 Å². The maximum Gasteiger partial charge on any atom is 0.0793 e. The summed E-state index contributed by atoms with van der Waals surface area (Å²) in [6.07, 6.45) is 0. The molecule has 0 saturated carbocycles. The topological polar surface area (TPSA) is 24.1 Å². The van der Waals surface area contributed by atoms with Gasteiger partial charge in [0.25, 0.3) is 0 Å². The largest absolute Gasteiger partial charge is 0.257 e. The summed E-state index contributed by atoms with van der Waals surface area (Å²) in [6.45, 7) is 5.17. The zero-order valence-corrected chi connectivity index (χ0v) is 11.0. The highest BCUT2D eigenvalue weighted by Crippen LogP contribution is 2.28. The van der Waals surface area contributed by atoms with E-state index in [-0.39, 0.29) is 5.54 Å². The van der Waals surface area contributed by atoms with Gasteiger partial charge in [-0.2, -0.15) is 0 Å². The van der Waals surface area contributed by atoms with Gasteiger partial charge in [0.1, 0.15) is 0 Å². The van der Waals surface area contributed by atoms with Crippen molar-refractivity contribution in [2.45, 2.75) is 19.4 Å². The van der Waals surface area contributed by atoms with Crippen LogP contribution in [-0.4, -0.2) is 6.54 Å². The number of rotatable bonds is 5. The van der Waals surface area contributed by atoms with Gasteiger partial charge in [0, 0.05) is 6.54 Å². The van der Waals surface area contributed by atoms with Gasteiger partial charge in [-0.15, -0.1) is 0 Å². The lowest BCUT2D eigenvalue weighted by Crippen LogP contribution is -2.48. The van der Waals surface area contributed by atoms with Crippen LogP contribution in [0.2, 0.25) is 0 Å². The van der Waals surface area contributed by atoms with E-state index in [1.165, 1.54) is 11.1 Å². The molecule has 2 aromatic carbocycles. The second kappa shape index (κ2) is 5.80.